The number of halogens is 2. The number of hydrogen-bond acceptors (Lipinski definition) is 4. The maximum absolute atomic E-state index is 13.4. The molecule has 0 saturated carbocycles. The lowest BCUT2D eigenvalue weighted by molar-refractivity contribution is 0.118. The zero-order chi connectivity index (χ0) is 20.5. The van der Waals surface area contributed by atoms with E-state index in [0.717, 1.165) is 9.99 Å². The third-order valence-corrected chi connectivity index (χ3v) is 10.1. The van der Waals surface area contributed by atoms with Crippen molar-refractivity contribution in [3.05, 3.63) is 58.8 Å². The average molecular weight is 466 g/mol. The molecule has 3 aromatic rings. The molecule has 0 saturated heterocycles. The van der Waals surface area contributed by atoms with Crippen LogP contribution >= 0.6 is 15.9 Å². The zero-order valence-electron chi connectivity index (χ0n) is 16.7. The van der Waals surface area contributed by atoms with E-state index in [4.69, 9.17) is 9.16 Å². The first-order valence-electron chi connectivity index (χ1n) is 9.12. The Hall–Kier alpha value is -1.77. The smallest absolute Gasteiger partial charge is 0.192 e. The SMILES string of the molecule is CC(C)(C)[Si](C)(C)OC[C@@H](Oc1cc(Br)cn2nccc12)c1ccc(F)cn1. The maximum Gasteiger partial charge on any atom is 0.192 e. The van der Waals surface area contributed by atoms with Gasteiger partial charge >= 0.3 is 0 Å². The van der Waals surface area contributed by atoms with Gasteiger partial charge in [0.15, 0.2) is 14.4 Å². The fourth-order valence-electron chi connectivity index (χ4n) is 2.47. The molecule has 0 spiro atoms. The van der Waals surface area contributed by atoms with Gasteiger partial charge in [-0.1, -0.05) is 20.8 Å². The standard InChI is InChI=1S/C20H25BrFN3O2Si/c1-20(2,3)28(4,5)26-13-19(16-7-6-15(22)11-23-16)27-18-10-14(21)12-25-17(18)8-9-24-25/h6-12,19H,13H2,1-5H3/t19-/m1/s1. The first kappa shape index (κ1) is 20.9. The van der Waals surface area contributed by atoms with Crippen molar-refractivity contribution in [1.82, 2.24) is 14.6 Å². The summed E-state index contributed by atoms with van der Waals surface area (Å²) in [7, 11) is -1.99. The van der Waals surface area contributed by atoms with Gasteiger partial charge in [0.2, 0.25) is 0 Å². The van der Waals surface area contributed by atoms with E-state index in [1.54, 1.807) is 16.8 Å². The van der Waals surface area contributed by atoms with Gasteiger partial charge in [-0.3, -0.25) is 4.98 Å². The minimum atomic E-state index is -1.99. The van der Waals surface area contributed by atoms with Crippen molar-refractivity contribution in [1.29, 1.82) is 0 Å². The molecule has 0 bridgehead atoms. The highest BCUT2D eigenvalue weighted by Crippen LogP contribution is 2.38. The summed E-state index contributed by atoms with van der Waals surface area (Å²) in [5.41, 5.74) is 1.46. The van der Waals surface area contributed by atoms with Gasteiger partial charge < -0.3 is 9.16 Å². The summed E-state index contributed by atoms with van der Waals surface area (Å²) < 4.78 is 28.7. The molecule has 8 heteroatoms. The second-order valence-corrected chi connectivity index (χ2v) is 14.0. The van der Waals surface area contributed by atoms with Crippen LogP contribution in [0.25, 0.3) is 5.52 Å². The van der Waals surface area contributed by atoms with E-state index in [9.17, 15) is 4.39 Å². The summed E-state index contributed by atoms with van der Waals surface area (Å²) in [6.45, 7) is 11.3. The van der Waals surface area contributed by atoms with Gasteiger partial charge in [-0.2, -0.15) is 5.10 Å². The monoisotopic (exact) mass is 465 g/mol. The molecule has 150 valence electrons. The third-order valence-electron chi connectivity index (χ3n) is 5.19. The number of hydrogen-bond donors (Lipinski definition) is 0. The van der Waals surface area contributed by atoms with Crippen LogP contribution in [-0.2, 0) is 4.43 Å². The number of pyridine rings is 2. The molecule has 3 heterocycles. The Bertz CT molecular complexity index is 954. The highest BCUT2D eigenvalue weighted by molar-refractivity contribution is 9.10. The molecule has 1 atom stereocenters. The Kier molecular flexibility index (Phi) is 5.93. The number of rotatable bonds is 6. The van der Waals surface area contributed by atoms with Crippen molar-refractivity contribution in [2.24, 2.45) is 0 Å². The fourth-order valence-corrected chi connectivity index (χ4v) is 3.87. The maximum atomic E-state index is 13.4. The van der Waals surface area contributed by atoms with Crippen LogP contribution in [0.1, 0.15) is 32.6 Å². The molecule has 0 unspecified atom stereocenters. The van der Waals surface area contributed by atoms with Crippen LogP contribution in [0.15, 0.2) is 47.3 Å². The van der Waals surface area contributed by atoms with Crippen molar-refractivity contribution in [2.75, 3.05) is 6.61 Å². The van der Waals surface area contributed by atoms with Gasteiger partial charge in [0.25, 0.3) is 0 Å². The van der Waals surface area contributed by atoms with Crippen LogP contribution in [0.2, 0.25) is 18.1 Å². The van der Waals surface area contributed by atoms with Gasteiger partial charge in [0, 0.05) is 10.7 Å². The molecular weight excluding hydrogens is 441 g/mol. The predicted octanol–water partition coefficient (Wildman–Crippen LogP) is 5.77. The van der Waals surface area contributed by atoms with Crippen molar-refractivity contribution in [3.63, 3.8) is 0 Å². The summed E-state index contributed by atoms with van der Waals surface area (Å²) in [6.07, 6.45) is 4.31. The average Bonchev–Trinajstić information content (AvgIpc) is 3.06. The van der Waals surface area contributed by atoms with E-state index in [-0.39, 0.29) is 10.9 Å². The third kappa shape index (κ3) is 4.61. The lowest BCUT2D eigenvalue weighted by Gasteiger charge is -2.37. The topological polar surface area (TPSA) is 48.7 Å². The Morgan fingerprint density at radius 2 is 2.00 bits per heavy atom. The molecular formula is C20H25BrFN3O2Si. The van der Waals surface area contributed by atoms with Crippen LogP contribution in [-0.4, -0.2) is 29.5 Å². The van der Waals surface area contributed by atoms with E-state index in [2.05, 4.69) is 59.9 Å². The lowest BCUT2D eigenvalue weighted by Crippen LogP contribution is -2.42. The van der Waals surface area contributed by atoms with Gasteiger partial charge in [-0.15, -0.1) is 0 Å². The fraction of sp³-hybridized carbons (Fsp3) is 0.400. The quantitative estimate of drug-likeness (QED) is 0.433. The Morgan fingerprint density at radius 3 is 2.64 bits per heavy atom. The molecule has 5 nitrogen and oxygen atoms in total. The summed E-state index contributed by atoms with van der Waals surface area (Å²) in [5, 5.41) is 4.34. The highest BCUT2D eigenvalue weighted by Gasteiger charge is 2.38. The van der Waals surface area contributed by atoms with E-state index < -0.39 is 14.4 Å². The summed E-state index contributed by atoms with van der Waals surface area (Å²) >= 11 is 3.49. The van der Waals surface area contributed by atoms with E-state index in [1.165, 1.54) is 12.3 Å². The second-order valence-electron chi connectivity index (χ2n) is 8.26. The summed E-state index contributed by atoms with van der Waals surface area (Å²) in [5.74, 6) is 0.273. The van der Waals surface area contributed by atoms with Crippen molar-refractivity contribution >= 4 is 29.8 Å². The predicted molar refractivity (Wildman–Crippen MR) is 114 cm³/mol. The van der Waals surface area contributed by atoms with Crippen LogP contribution in [0.3, 0.4) is 0 Å². The Morgan fingerprint density at radius 1 is 1.25 bits per heavy atom. The van der Waals surface area contributed by atoms with Crippen LogP contribution in [0, 0.1) is 5.82 Å². The molecule has 0 aliphatic heterocycles. The molecule has 28 heavy (non-hydrogen) atoms. The molecule has 3 rings (SSSR count). The van der Waals surface area contributed by atoms with Gasteiger partial charge in [0.05, 0.1) is 24.7 Å². The molecule has 0 N–H and O–H groups in total. The van der Waals surface area contributed by atoms with Crippen molar-refractivity contribution in [3.8, 4) is 5.75 Å². The Balaban J connectivity index is 1.92. The normalized spacial score (nSPS) is 13.7. The molecule has 0 radical (unpaired) electrons. The van der Waals surface area contributed by atoms with Gasteiger partial charge in [-0.25, -0.2) is 8.91 Å². The molecule has 0 aromatic carbocycles. The van der Waals surface area contributed by atoms with Gasteiger partial charge in [-0.05, 0) is 58.3 Å². The number of ether oxygens (including phenoxy) is 1. The van der Waals surface area contributed by atoms with Crippen molar-refractivity contribution in [2.45, 2.75) is 45.0 Å². The first-order chi connectivity index (χ1) is 13.1. The number of aromatic nitrogens is 3. The van der Waals surface area contributed by atoms with E-state index >= 15 is 0 Å². The zero-order valence-corrected chi connectivity index (χ0v) is 19.3. The minimum absolute atomic E-state index is 0.0717. The minimum Gasteiger partial charge on any atom is -0.479 e. The van der Waals surface area contributed by atoms with E-state index in [1.807, 2.05) is 18.3 Å². The van der Waals surface area contributed by atoms with Crippen LogP contribution in [0.4, 0.5) is 4.39 Å². The first-order valence-corrected chi connectivity index (χ1v) is 12.8. The van der Waals surface area contributed by atoms with E-state index in [0.29, 0.717) is 18.1 Å². The largest absolute Gasteiger partial charge is 0.479 e. The molecule has 0 amide bonds. The van der Waals surface area contributed by atoms with Crippen LogP contribution < -0.4 is 4.74 Å². The second kappa shape index (κ2) is 7.92. The highest BCUT2D eigenvalue weighted by atomic mass is 79.9. The molecule has 0 aliphatic carbocycles. The molecule has 3 aromatic heterocycles. The van der Waals surface area contributed by atoms with Gasteiger partial charge in [0.1, 0.15) is 17.1 Å². The number of nitrogens with zero attached hydrogens (tertiary/aromatic N) is 3. The molecule has 0 aliphatic rings. The van der Waals surface area contributed by atoms with Crippen LogP contribution in [0.5, 0.6) is 5.75 Å². The Labute approximate surface area is 174 Å². The number of fused-ring (bicyclic) bond motifs is 1. The summed E-state index contributed by atoms with van der Waals surface area (Å²) in [4.78, 5) is 4.23. The van der Waals surface area contributed by atoms with Crippen molar-refractivity contribution < 1.29 is 13.6 Å². The molecule has 0 fully saturated rings. The lowest BCUT2D eigenvalue weighted by atomic mass is 10.2. The summed E-state index contributed by atoms with van der Waals surface area (Å²) in [6, 6.07) is 6.80.